The van der Waals surface area contributed by atoms with Crippen LogP contribution in [0.2, 0.25) is 0 Å². The fourth-order valence-corrected chi connectivity index (χ4v) is 3.78. The van der Waals surface area contributed by atoms with Gasteiger partial charge in [-0.1, -0.05) is 0 Å². The maximum Gasteiger partial charge on any atom is 0.269 e. The van der Waals surface area contributed by atoms with Gasteiger partial charge in [-0.15, -0.1) is 0 Å². The van der Waals surface area contributed by atoms with Gasteiger partial charge in [-0.3, -0.25) is 0 Å². The molecule has 178 valence electrons. The van der Waals surface area contributed by atoms with Crippen molar-refractivity contribution < 1.29 is 54.7 Å². The van der Waals surface area contributed by atoms with Crippen molar-refractivity contribution in [2.75, 3.05) is 7.11 Å². The number of rotatable bonds is 4. The lowest BCUT2D eigenvalue weighted by Gasteiger charge is -2.40. The largest absolute Gasteiger partial charge is 0.584 e. The quantitative estimate of drug-likeness (QED) is 0.251. The minimum atomic E-state index is -1.60. The van der Waals surface area contributed by atoms with Gasteiger partial charge in [0.15, 0.2) is 30.5 Å². The van der Waals surface area contributed by atoms with E-state index in [1.165, 1.54) is 32.2 Å². The normalized spacial score (nSPS) is 28.9. The number of hydrogen-bond acceptors (Lipinski definition) is 10. The summed E-state index contributed by atoms with van der Waals surface area (Å²) < 4.78 is 21.5. The molecule has 1 saturated heterocycles. The summed E-state index contributed by atoms with van der Waals surface area (Å²) in [7, 11) is 1.51. The molecular formula is C22H25O11+. The highest BCUT2D eigenvalue weighted by atomic mass is 16.7. The van der Waals surface area contributed by atoms with E-state index in [4.69, 9.17) is 14.2 Å². The maximum atomic E-state index is 10.4. The van der Waals surface area contributed by atoms with Crippen LogP contribution in [-0.2, 0) is 9.47 Å². The maximum absolute atomic E-state index is 10.4. The first-order valence-corrected chi connectivity index (χ1v) is 10.1. The van der Waals surface area contributed by atoms with Gasteiger partial charge in [0, 0.05) is 17.7 Å². The SMILES string of the molecule is C[OH+]c1cc(O)cc2c1C=C(O[C@@H]1O[C@@H](C)[C@H](O)[C@@H](O)[C@@H]1O)C(c1cc(O)c(O)c(O)c1)O2. The first kappa shape index (κ1) is 22.8. The molecule has 4 rings (SSSR count). The highest BCUT2D eigenvalue weighted by Gasteiger charge is 2.44. The van der Waals surface area contributed by atoms with Crippen LogP contribution in [0.25, 0.3) is 6.08 Å². The van der Waals surface area contributed by atoms with Crippen LogP contribution in [0.3, 0.4) is 0 Å². The van der Waals surface area contributed by atoms with E-state index in [2.05, 4.69) is 4.74 Å². The molecule has 11 heteroatoms. The summed E-state index contributed by atoms with van der Waals surface area (Å²) in [5, 5.41) is 70.1. The van der Waals surface area contributed by atoms with Crippen molar-refractivity contribution in [3.8, 4) is 34.5 Å². The van der Waals surface area contributed by atoms with Gasteiger partial charge < -0.3 is 54.7 Å². The molecule has 0 bridgehead atoms. The molecule has 2 aliphatic rings. The monoisotopic (exact) mass is 465 g/mol. The van der Waals surface area contributed by atoms with Crippen LogP contribution in [0.15, 0.2) is 30.0 Å². The molecule has 2 aliphatic heterocycles. The van der Waals surface area contributed by atoms with Crippen LogP contribution >= 0.6 is 0 Å². The van der Waals surface area contributed by atoms with E-state index in [1.807, 2.05) is 0 Å². The highest BCUT2D eigenvalue weighted by molar-refractivity contribution is 5.70. The third kappa shape index (κ3) is 4.07. The van der Waals surface area contributed by atoms with Crippen molar-refractivity contribution in [2.45, 2.75) is 43.7 Å². The van der Waals surface area contributed by atoms with E-state index >= 15 is 0 Å². The zero-order chi connectivity index (χ0) is 24.0. The predicted octanol–water partition coefficient (Wildman–Crippen LogP) is 0.699. The van der Waals surface area contributed by atoms with Crippen molar-refractivity contribution in [1.29, 1.82) is 0 Å². The fourth-order valence-electron chi connectivity index (χ4n) is 3.78. The van der Waals surface area contributed by atoms with Gasteiger partial charge in [0.25, 0.3) is 5.75 Å². The Bertz CT molecular complexity index is 1060. The van der Waals surface area contributed by atoms with Gasteiger partial charge in [-0.2, -0.15) is 0 Å². The lowest BCUT2D eigenvalue weighted by atomic mass is 9.98. The Hall–Kier alpha value is -3.38. The molecule has 8 N–H and O–H groups in total. The second-order valence-electron chi connectivity index (χ2n) is 7.85. The molecule has 0 aliphatic carbocycles. The third-order valence-corrected chi connectivity index (χ3v) is 5.59. The molecule has 0 saturated carbocycles. The number of hydrogen-bond donors (Lipinski definition) is 7. The lowest BCUT2D eigenvalue weighted by molar-refractivity contribution is -0.285. The standard InChI is InChI=1S/C22H24O11/c1-8-17(26)19(28)20(29)22(31-8)33-16-7-11-14(30-2)5-10(23)6-15(11)32-21(16)9-3-12(24)18(27)13(25)4-9/h3-8,17,19-29H,1-2H3/p+1/t8-,17-,19+,20-,21?,22-/m0/s1. The van der Waals surface area contributed by atoms with Crippen LogP contribution in [-0.4, -0.2) is 78.3 Å². The topological polar surface area (TPSA) is 182 Å². The van der Waals surface area contributed by atoms with Crippen molar-refractivity contribution in [3.63, 3.8) is 0 Å². The van der Waals surface area contributed by atoms with Crippen molar-refractivity contribution >= 4 is 6.08 Å². The van der Waals surface area contributed by atoms with Crippen LogP contribution in [0.1, 0.15) is 24.2 Å². The number of aliphatic hydroxyl groups excluding tert-OH is 3. The summed E-state index contributed by atoms with van der Waals surface area (Å²) in [5.41, 5.74) is 0.602. The molecule has 0 spiro atoms. The van der Waals surface area contributed by atoms with Gasteiger partial charge in [-0.25, -0.2) is 0 Å². The van der Waals surface area contributed by atoms with Crippen LogP contribution in [0, 0.1) is 0 Å². The van der Waals surface area contributed by atoms with Crippen LogP contribution in [0.4, 0.5) is 0 Å². The summed E-state index contributed by atoms with van der Waals surface area (Å²) in [6.07, 6.45) is -6.32. The van der Waals surface area contributed by atoms with E-state index in [0.29, 0.717) is 11.3 Å². The zero-order valence-corrected chi connectivity index (χ0v) is 17.7. The smallest absolute Gasteiger partial charge is 0.269 e. The first-order chi connectivity index (χ1) is 15.6. The number of ether oxygens (including phenoxy) is 4. The average Bonchev–Trinajstić information content (AvgIpc) is 2.78. The fraction of sp³-hybridized carbons (Fsp3) is 0.364. The van der Waals surface area contributed by atoms with E-state index < -0.39 is 54.1 Å². The molecule has 1 unspecified atom stereocenters. The molecule has 0 aromatic heterocycles. The number of fused-ring (bicyclic) bond motifs is 1. The Morgan fingerprint density at radius 3 is 2.21 bits per heavy atom. The van der Waals surface area contributed by atoms with Gasteiger partial charge in [0.05, 0.1) is 12.2 Å². The molecule has 0 amide bonds. The second kappa shape index (κ2) is 8.52. The van der Waals surface area contributed by atoms with Crippen molar-refractivity contribution in [1.82, 2.24) is 0 Å². The summed E-state index contributed by atoms with van der Waals surface area (Å²) in [6, 6.07) is 5.05. The van der Waals surface area contributed by atoms with Gasteiger partial charge in [0.2, 0.25) is 6.29 Å². The van der Waals surface area contributed by atoms with Crippen molar-refractivity contribution in [3.05, 3.63) is 41.2 Å². The zero-order valence-electron chi connectivity index (χ0n) is 17.7. The molecule has 0 radical (unpaired) electrons. The average molecular weight is 465 g/mol. The summed E-state index contributed by atoms with van der Waals surface area (Å²) >= 11 is 0. The van der Waals surface area contributed by atoms with E-state index in [0.717, 1.165) is 12.1 Å². The Kier molecular flexibility index (Phi) is 5.89. The van der Waals surface area contributed by atoms with Crippen LogP contribution in [0.5, 0.6) is 34.5 Å². The minimum Gasteiger partial charge on any atom is -0.584 e. The van der Waals surface area contributed by atoms with E-state index in [9.17, 15) is 35.7 Å². The molecule has 2 aromatic carbocycles. The Morgan fingerprint density at radius 2 is 1.58 bits per heavy atom. The molecule has 1 fully saturated rings. The highest BCUT2D eigenvalue weighted by Crippen LogP contribution is 2.47. The second-order valence-corrected chi connectivity index (χ2v) is 7.85. The summed E-state index contributed by atoms with van der Waals surface area (Å²) in [4.78, 5) is 0. The lowest BCUT2D eigenvalue weighted by Crippen LogP contribution is -2.57. The number of phenols is 4. The van der Waals surface area contributed by atoms with Crippen LogP contribution < -0.4 is 4.74 Å². The van der Waals surface area contributed by atoms with E-state index in [-0.39, 0.29) is 22.8 Å². The summed E-state index contributed by atoms with van der Waals surface area (Å²) in [5.74, 6) is -1.42. The van der Waals surface area contributed by atoms with Gasteiger partial charge in [0.1, 0.15) is 41.1 Å². The number of benzene rings is 2. The molecule has 2 aromatic rings. The van der Waals surface area contributed by atoms with Gasteiger partial charge in [-0.05, 0) is 19.1 Å². The Balaban J connectivity index is 1.79. The molecule has 11 nitrogen and oxygen atoms in total. The first-order valence-electron chi connectivity index (χ1n) is 10.1. The molecule has 33 heavy (non-hydrogen) atoms. The number of aliphatic hydroxyl groups is 4. The molecule has 2 heterocycles. The Morgan fingerprint density at radius 1 is 0.909 bits per heavy atom. The Labute approximate surface area is 187 Å². The number of aromatic hydroxyl groups is 5. The predicted molar refractivity (Wildman–Crippen MR) is 112 cm³/mol. The minimum absolute atomic E-state index is 0.0439. The van der Waals surface area contributed by atoms with Gasteiger partial charge >= 0.3 is 0 Å². The van der Waals surface area contributed by atoms with E-state index in [1.54, 1.807) is 0 Å². The molecular weight excluding hydrogens is 440 g/mol. The third-order valence-electron chi connectivity index (χ3n) is 5.59. The molecule has 6 atom stereocenters. The van der Waals surface area contributed by atoms with Crippen molar-refractivity contribution in [2.24, 2.45) is 0 Å². The number of phenolic OH excluding ortho intramolecular Hbond substituents is 4. The summed E-state index contributed by atoms with van der Waals surface area (Å²) in [6.45, 7) is 1.50.